The van der Waals surface area contributed by atoms with Gasteiger partial charge in [-0.2, -0.15) is 0 Å². The average molecular weight is 486 g/mol. The van der Waals surface area contributed by atoms with Gasteiger partial charge in [0.25, 0.3) is 0 Å². The van der Waals surface area contributed by atoms with E-state index in [0.717, 1.165) is 28.3 Å². The summed E-state index contributed by atoms with van der Waals surface area (Å²) in [4.78, 5) is 14.4. The van der Waals surface area contributed by atoms with Crippen LogP contribution in [-0.2, 0) is 5.41 Å². The molecule has 4 aromatic rings. The van der Waals surface area contributed by atoms with Gasteiger partial charge in [0, 0.05) is 28.7 Å². The maximum Gasteiger partial charge on any atom is 0.138 e. The maximum absolute atomic E-state index is 4.93. The zero-order valence-corrected chi connectivity index (χ0v) is 22.7. The van der Waals surface area contributed by atoms with Crippen LogP contribution in [0.1, 0.15) is 76.5 Å². The number of piperidine rings is 1. The summed E-state index contributed by atoms with van der Waals surface area (Å²) in [5, 5.41) is 4.79. The minimum Gasteiger partial charge on any atom is -0.361 e. The predicted octanol–water partition coefficient (Wildman–Crippen LogP) is 7.17. The van der Waals surface area contributed by atoms with Gasteiger partial charge in [0.1, 0.15) is 5.82 Å². The summed E-state index contributed by atoms with van der Waals surface area (Å²) in [6.45, 7) is 9.15. The quantitative estimate of drug-likeness (QED) is 0.232. The Balaban J connectivity index is 1.36. The summed E-state index contributed by atoms with van der Waals surface area (Å²) in [7, 11) is 4.43. The minimum atomic E-state index is 0.118. The standard InChI is InChI=1S/C31H43N5/c1-31(2,3)23-11-13-27-28(19-23)35-30(34-27)22-10-12-26-24(18-22)25(20-33-26)29(36(4)5)9-7-6-8-21-14-16-32-17-15-21/h10-13,18-21,29,32-33H,6-9,14-17H2,1-5H3,(H,34,35). The van der Waals surface area contributed by atoms with Crippen LogP contribution in [0.5, 0.6) is 0 Å². The molecule has 5 heteroatoms. The average Bonchev–Trinajstić information content (AvgIpc) is 3.47. The van der Waals surface area contributed by atoms with Gasteiger partial charge in [-0.3, -0.25) is 0 Å². The van der Waals surface area contributed by atoms with Crippen molar-refractivity contribution in [3.63, 3.8) is 0 Å². The number of rotatable bonds is 8. The SMILES string of the molecule is CN(C)C(CCCCC1CCNCC1)c1c[nH]c2ccc(-c3nc4ccc(C(C)(C)C)cc4[nH]3)cc12. The van der Waals surface area contributed by atoms with Crippen LogP contribution in [0.2, 0.25) is 0 Å². The number of aromatic amines is 2. The topological polar surface area (TPSA) is 59.7 Å². The van der Waals surface area contributed by atoms with Crippen LogP contribution in [0.3, 0.4) is 0 Å². The van der Waals surface area contributed by atoms with Gasteiger partial charge in [0.15, 0.2) is 0 Å². The second-order valence-corrected chi connectivity index (χ2v) is 12.0. The van der Waals surface area contributed by atoms with Gasteiger partial charge in [-0.15, -0.1) is 0 Å². The Hall–Kier alpha value is -2.63. The Morgan fingerprint density at radius 1 is 1.00 bits per heavy atom. The highest BCUT2D eigenvalue weighted by molar-refractivity contribution is 5.89. The van der Waals surface area contributed by atoms with Crippen molar-refractivity contribution < 1.29 is 0 Å². The van der Waals surface area contributed by atoms with Crippen molar-refractivity contribution in [2.45, 2.75) is 70.8 Å². The lowest BCUT2D eigenvalue weighted by Crippen LogP contribution is -2.27. The number of unbranched alkanes of at least 4 members (excludes halogenated alkanes) is 1. The summed E-state index contributed by atoms with van der Waals surface area (Å²) >= 11 is 0. The van der Waals surface area contributed by atoms with E-state index in [1.807, 2.05) is 0 Å². The van der Waals surface area contributed by atoms with Crippen LogP contribution in [0.4, 0.5) is 0 Å². The first-order chi connectivity index (χ1) is 17.3. The number of H-pyrrole nitrogens is 2. The molecule has 2 aromatic heterocycles. The maximum atomic E-state index is 4.93. The molecule has 1 aliphatic heterocycles. The van der Waals surface area contributed by atoms with Crippen LogP contribution in [0, 0.1) is 5.92 Å². The van der Waals surface area contributed by atoms with Gasteiger partial charge in [-0.25, -0.2) is 4.98 Å². The number of benzene rings is 2. The lowest BCUT2D eigenvalue weighted by atomic mass is 9.87. The minimum absolute atomic E-state index is 0.118. The van der Waals surface area contributed by atoms with E-state index in [9.17, 15) is 0 Å². The Morgan fingerprint density at radius 3 is 2.56 bits per heavy atom. The molecule has 5 rings (SSSR count). The smallest absolute Gasteiger partial charge is 0.138 e. The van der Waals surface area contributed by atoms with E-state index < -0.39 is 0 Å². The number of nitrogens with zero attached hydrogens (tertiary/aromatic N) is 2. The lowest BCUT2D eigenvalue weighted by molar-refractivity contribution is 0.272. The van der Waals surface area contributed by atoms with Crippen molar-refractivity contribution in [1.82, 2.24) is 25.2 Å². The molecular formula is C31H43N5. The molecular weight excluding hydrogens is 442 g/mol. The van der Waals surface area contributed by atoms with Crippen LogP contribution in [0.15, 0.2) is 42.6 Å². The van der Waals surface area contributed by atoms with Gasteiger partial charge >= 0.3 is 0 Å². The molecule has 1 unspecified atom stereocenters. The van der Waals surface area contributed by atoms with Crippen molar-refractivity contribution in [2.75, 3.05) is 27.2 Å². The summed E-state index contributed by atoms with van der Waals surface area (Å²) in [6, 6.07) is 13.7. The Labute approximate surface area is 216 Å². The molecule has 0 spiro atoms. The molecule has 1 fully saturated rings. The van der Waals surface area contributed by atoms with Gasteiger partial charge in [-0.05, 0) is 99.2 Å². The zero-order valence-electron chi connectivity index (χ0n) is 22.7. The second kappa shape index (κ2) is 10.4. The van der Waals surface area contributed by atoms with Gasteiger partial charge in [0.2, 0.25) is 0 Å². The third kappa shape index (κ3) is 5.37. The van der Waals surface area contributed by atoms with Crippen molar-refractivity contribution in [3.8, 4) is 11.4 Å². The van der Waals surface area contributed by atoms with E-state index in [4.69, 9.17) is 4.98 Å². The molecule has 1 saturated heterocycles. The lowest BCUT2D eigenvalue weighted by Gasteiger charge is -2.25. The van der Waals surface area contributed by atoms with Crippen molar-refractivity contribution >= 4 is 21.9 Å². The molecule has 1 atom stereocenters. The fourth-order valence-corrected chi connectivity index (χ4v) is 5.81. The highest BCUT2D eigenvalue weighted by atomic mass is 15.1. The van der Waals surface area contributed by atoms with Crippen LogP contribution >= 0.6 is 0 Å². The molecule has 0 saturated carbocycles. The Kier molecular flexibility index (Phi) is 7.23. The third-order valence-corrected chi connectivity index (χ3v) is 8.12. The molecule has 0 aliphatic carbocycles. The first-order valence-corrected chi connectivity index (χ1v) is 13.8. The zero-order chi connectivity index (χ0) is 25.3. The second-order valence-electron chi connectivity index (χ2n) is 12.0. The van der Waals surface area contributed by atoms with Crippen LogP contribution < -0.4 is 5.32 Å². The Bertz CT molecular complexity index is 1300. The van der Waals surface area contributed by atoms with Crippen molar-refractivity contribution in [2.24, 2.45) is 5.92 Å². The summed E-state index contributed by atoms with van der Waals surface area (Å²) in [5.41, 5.74) is 7.29. The molecule has 2 aromatic carbocycles. The molecule has 3 N–H and O–H groups in total. The fraction of sp³-hybridized carbons (Fsp3) is 0.516. The van der Waals surface area contributed by atoms with E-state index >= 15 is 0 Å². The number of fused-ring (bicyclic) bond motifs is 2. The van der Waals surface area contributed by atoms with E-state index in [1.54, 1.807) is 0 Å². The van der Waals surface area contributed by atoms with Gasteiger partial charge < -0.3 is 20.2 Å². The van der Waals surface area contributed by atoms with Crippen LogP contribution in [-0.4, -0.2) is 47.0 Å². The monoisotopic (exact) mass is 485 g/mol. The molecule has 36 heavy (non-hydrogen) atoms. The summed E-state index contributed by atoms with van der Waals surface area (Å²) < 4.78 is 0. The molecule has 5 nitrogen and oxygen atoms in total. The largest absolute Gasteiger partial charge is 0.361 e. The van der Waals surface area contributed by atoms with Crippen molar-refractivity contribution in [1.29, 1.82) is 0 Å². The van der Waals surface area contributed by atoms with Crippen LogP contribution in [0.25, 0.3) is 33.3 Å². The van der Waals surface area contributed by atoms with E-state index in [0.29, 0.717) is 6.04 Å². The number of imidazole rings is 1. The summed E-state index contributed by atoms with van der Waals surface area (Å²) in [5.74, 6) is 1.86. The normalized spacial score (nSPS) is 16.4. The molecule has 3 heterocycles. The third-order valence-electron chi connectivity index (χ3n) is 8.12. The molecule has 0 amide bonds. The van der Waals surface area contributed by atoms with Crippen molar-refractivity contribution in [3.05, 3.63) is 53.7 Å². The molecule has 192 valence electrons. The Morgan fingerprint density at radius 2 is 1.81 bits per heavy atom. The summed E-state index contributed by atoms with van der Waals surface area (Å²) in [6.07, 6.45) is 10.1. The first kappa shape index (κ1) is 25.0. The number of nitrogens with one attached hydrogen (secondary N) is 3. The highest BCUT2D eigenvalue weighted by Crippen LogP contribution is 2.34. The molecule has 0 radical (unpaired) electrons. The number of hydrogen-bond acceptors (Lipinski definition) is 3. The van der Waals surface area contributed by atoms with E-state index in [2.05, 4.69) is 97.6 Å². The highest BCUT2D eigenvalue weighted by Gasteiger charge is 2.20. The van der Waals surface area contributed by atoms with E-state index in [1.165, 1.54) is 73.6 Å². The fourth-order valence-electron chi connectivity index (χ4n) is 5.81. The van der Waals surface area contributed by atoms with E-state index in [-0.39, 0.29) is 5.41 Å². The molecule has 1 aliphatic rings. The number of hydrogen-bond donors (Lipinski definition) is 3. The van der Waals surface area contributed by atoms with Gasteiger partial charge in [-0.1, -0.05) is 46.1 Å². The first-order valence-electron chi connectivity index (χ1n) is 13.8. The predicted molar refractivity (Wildman–Crippen MR) is 153 cm³/mol. The van der Waals surface area contributed by atoms with Gasteiger partial charge in [0.05, 0.1) is 11.0 Å². The number of aromatic nitrogens is 3. The molecule has 0 bridgehead atoms.